The number of hydrogen-bond donors (Lipinski definition) is 0. The van der Waals surface area contributed by atoms with E-state index in [1.54, 1.807) is 24.3 Å². The van der Waals surface area contributed by atoms with Crippen LogP contribution >= 0.6 is 0 Å². The van der Waals surface area contributed by atoms with Crippen LogP contribution in [0.5, 0.6) is 0 Å². The average molecular weight is 348 g/mol. The molecule has 0 bridgehead atoms. The molecule has 0 saturated carbocycles. The van der Waals surface area contributed by atoms with E-state index < -0.39 is 5.69 Å². The maximum Gasteiger partial charge on any atom is 0.367 e. The molecule has 0 N–H and O–H groups in total. The van der Waals surface area contributed by atoms with E-state index in [1.165, 1.54) is 20.8 Å². The van der Waals surface area contributed by atoms with Gasteiger partial charge in [-0.25, -0.2) is 13.9 Å². The molecule has 0 saturated heterocycles. The molecule has 130 valence electrons. The van der Waals surface area contributed by atoms with Gasteiger partial charge in [-0.2, -0.15) is 9.61 Å². The first-order valence-electron chi connectivity index (χ1n) is 8.31. The highest BCUT2D eigenvalue weighted by molar-refractivity contribution is 5.61. The van der Waals surface area contributed by atoms with Crippen molar-refractivity contribution in [3.05, 3.63) is 87.6 Å². The number of fused-ring (bicyclic) bond motifs is 1. The first-order chi connectivity index (χ1) is 12.5. The highest BCUT2D eigenvalue weighted by Gasteiger charge is 2.12. The molecule has 2 aromatic heterocycles. The highest BCUT2D eigenvalue weighted by Crippen LogP contribution is 2.20. The lowest BCUT2D eigenvalue weighted by molar-refractivity contribution is 0.576. The molecule has 6 heteroatoms. The van der Waals surface area contributed by atoms with E-state index in [0.29, 0.717) is 16.9 Å². The Morgan fingerprint density at radius 3 is 2.54 bits per heavy atom. The minimum absolute atomic E-state index is 0.0633. The van der Waals surface area contributed by atoms with Gasteiger partial charge in [0.2, 0.25) is 0 Å². The second-order valence-electron chi connectivity index (χ2n) is 6.32. The van der Waals surface area contributed by atoms with E-state index in [-0.39, 0.29) is 12.4 Å². The lowest BCUT2D eigenvalue weighted by Crippen LogP contribution is -2.23. The molecule has 0 amide bonds. The first-order valence-corrected chi connectivity index (χ1v) is 8.31. The van der Waals surface area contributed by atoms with E-state index in [1.807, 2.05) is 38.1 Å². The van der Waals surface area contributed by atoms with Crippen LogP contribution in [0.4, 0.5) is 4.39 Å². The van der Waals surface area contributed by atoms with Crippen LogP contribution < -0.4 is 5.69 Å². The van der Waals surface area contributed by atoms with Crippen LogP contribution in [0, 0.1) is 19.7 Å². The molecule has 0 aliphatic carbocycles. The molecule has 5 nitrogen and oxygen atoms in total. The fourth-order valence-corrected chi connectivity index (χ4v) is 2.85. The molecular weight excluding hydrogens is 331 g/mol. The van der Waals surface area contributed by atoms with Crippen LogP contribution in [0.2, 0.25) is 0 Å². The molecular formula is C20H17FN4O. The number of halogens is 1. The van der Waals surface area contributed by atoms with Crippen LogP contribution in [0.3, 0.4) is 0 Å². The zero-order valence-corrected chi connectivity index (χ0v) is 14.5. The molecule has 0 atom stereocenters. The second kappa shape index (κ2) is 6.22. The molecule has 2 aromatic carbocycles. The van der Waals surface area contributed by atoms with Gasteiger partial charge in [0.05, 0.1) is 12.2 Å². The molecule has 4 aromatic rings. The molecule has 0 radical (unpaired) electrons. The van der Waals surface area contributed by atoms with Gasteiger partial charge in [-0.05, 0) is 49.2 Å². The van der Waals surface area contributed by atoms with Crippen molar-refractivity contribution in [2.45, 2.75) is 20.4 Å². The fourth-order valence-electron chi connectivity index (χ4n) is 2.85. The predicted molar refractivity (Wildman–Crippen MR) is 97.7 cm³/mol. The van der Waals surface area contributed by atoms with Gasteiger partial charge in [0.1, 0.15) is 5.82 Å². The van der Waals surface area contributed by atoms with Gasteiger partial charge in [0.25, 0.3) is 0 Å². The van der Waals surface area contributed by atoms with E-state index in [4.69, 9.17) is 0 Å². The number of benzene rings is 2. The zero-order chi connectivity index (χ0) is 18.3. The quantitative estimate of drug-likeness (QED) is 0.570. The Labute approximate surface area is 149 Å². The van der Waals surface area contributed by atoms with Crippen LogP contribution in [0.1, 0.15) is 16.7 Å². The number of nitrogens with zero attached hydrogens (tertiary/aromatic N) is 4. The Morgan fingerprint density at radius 1 is 0.962 bits per heavy atom. The van der Waals surface area contributed by atoms with E-state index in [0.717, 1.165) is 11.1 Å². The summed E-state index contributed by atoms with van der Waals surface area (Å²) >= 11 is 0. The summed E-state index contributed by atoms with van der Waals surface area (Å²) in [6.07, 6.45) is 0. The summed E-state index contributed by atoms with van der Waals surface area (Å²) in [5.74, 6) is -0.361. The molecule has 0 unspecified atom stereocenters. The Bertz CT molecular complexity index is 1180. The van der Waals surface area contributed by atoms with Gasteiger partial charge in [-0.1, -0.05) is 30.3 Å². The average Bonchev–Trinajstić information content (AvgIpc) is 2.95. The van der Waals surface area contributed by atoms with Crippen LogP contribution in [0.25, 0.3) is 16.9 Å². The summed E-state index contributed by atoms with van der Waals surface area (Å²) in [4.78, 5) is 12.6. The molecule has 0 spiro atoms. The van der Waals surface area contributed by atoms with Gasteiger partial charge in [0, 0.05) is 11.1 Å². The first kappa shape index (κ1) is 16.2. The van der Waals surface area contributed by atoms with Crippen LogP contribution in [-0.2, 0) is 6.54 Å². The largest absolute Gasteiger partial charge is 0.367 e. The molecule has 0 aliphatic rings. The van der Waals surface area contributed by atoms with Crippen molar-refractivity contribution in [2.24, 2.45) is 0 Å². The summed E-state index contributed by atoms with van der Waals surface area (Å²) in [6, 6.07) is 16.0. The third-order valence-electron chi connectivity index (χ3n) is 4.52. The van der Waals surface area contributed by atoms with Crippen molar-refractivity contribution in [1.29, 1.82) is 0 Å². The topological polar surface area (TPSA) is 52.2 Å². The van der Waals surface area contributed by atoms with E-state index >= 15 is 0 Å². The smallest absolute Gasteiger partial charge is 0.244 e. The third kappa shape index (κ3) is 2.79. The van der Waals surface area contributed by atoms with Gasteiger partial charge in [-0.3, -0.25) is 0 Å². The standard InChI is InChI=1S/C20H17FN4O/c1-13-7-8-15(11-14(13)2)18-9-10-19-23-24(20(26)25(19)22-18)12-16-5-3-4-6-17(16)21/h3-11H,12H2,1-2H3. The van der Waals surface area contributed by atoms with Crippen molar-refractivity contribution >= 4 is 5.65 Å². The Kier molecular flexibility index (Phi) is 3.88. The molecule has 26 heavy (non-hydrogen) atoms. The maximum atomic E-state index is 13.9. The lowest BCUT2D eigenvalue weighted by Gasteiger charge is -2.04. The van der Waals surface area contributed by atoms with Gasteiger partial charge in [0.15, 0.2) is 5.65 Å². The molecule has 4 rings (SSSR count). The summed E-state index contributed by atoms with van der Waals surface area (Å²) in [5, 5.41) is 8.68. The van der Waals surface area contributed by atoms with Gasteiger partial charge in [-0.15, -0.1) is 5.10 Å². The van der Waals surface area contributed by atoms with E-state index in [2.05, 4.69) is 10.2 Å². The summed E-state index contributed by atoms with van der Waals surface area (Å²) in [5.41, 5.74) is 4.42. The highest BCUT2D eigenvalue weighted by atomic mass is 19.1. The Balaban J connectivity index is 1.77. The number of rotatable bonds is 3. The minimum atomic E-state index is -0.395. The maximum absolute atomic E-state index is 13.9. The van der Waals surface area contributed by atoms with Gasteiger partial charge < -0.3 is 0 Å². The fraction of sp³-hybridized carbons (Fsp3) is 0.150. The summed E-state index contributed by atoms with van der Waals surface area (Å²) in [7, 11) is 0. The van der Waals surface area contributed by atoms with Crippen molar-refractivity contribution in [1.82, 2.24) is 19.4 Å². The SMILES string of the molecule is Cc1ccc(-c2ccc3nn(Cc4ccccc4F)c(=O)n3n2)cc1C. The monoisotopic (exact) mass is 348 g/mol. The number of aromatic nitrogens is 4. The normalized spacial score (nSPS) is 11.2. The second-order valence-corrected chi connectivity index (χ2v) is 6.32. The van der Waals surface area contributed by atoms with Crippen LogP contribution in [0.15, 0.2) is 59.4 Å². The van der Waals surface area contributed by atoms with E-state index in [9.17, 15) is 9.18 Å². The Hall–Kier alpha value is -3.28. The third-order valence-corrected chi connectivity index (χ3v) is 4.52. The lowest BCUT2D eigenvalue weighted by atomic mass is 10.0. The summed E-state index contributed by atoms with van der Waals surface area (Å²) < 4.78 is 16.3. The molecule has 0 fully saturated rings. The van der Waals surface area contributed by atoms with Gasteiger partial charge >= 0.3 is 5.69 Å². The Morgan fingerprint density at radius 2 is 1.77 bits per heavy atom. The van der Waals surface area contributed by atoms with Crippen LogP contribution in [-0.4, -0.2) is 19.4 Å². The molecule has 0 aliphatic heterocycles. The predicted octanol–water partition coefficient (Wildman–Crippen LogP) is 3.36. The minimum Gasteiger partial charge on any atom is -0.244 e. The van der Waals surface area contributed by atoms with Crippen molar-refractivity contribution in [2.75, 3.05) is 0 Å². The number of hydrogen-bond acceptors (Lipinski definition) is 3. The van der Waals surface area contributed by atoms with Crippen molar-refractivity contribution in [3.8, 4) is 11.3 Å². The van der Waals surface area contributed by atoms with Crippen molar-refractivity contribution < 1.29 is 4.39 Å². The summed E-state index contributed by atoms with van der Waals surface area (Å²) in [6.45, 7) is 4.15. The zero-order valence-electron chi connectivity index (χ0n) is 14.5. The number of aryl methyl sites for hydroxylation is 2. The molecule has 2 heterocycles. The van der Waals surface area contributed by atoms with Crippen molar-refractivity contribution in [3.63, 3.8) is 0 Å².